The van der Waals surface area contributed by atoms with Gasteiger partial charge in [-0.1, -0.05) is 0 Å². The Kier molecular flexibility index (Phi) is 2.50. The summed E-state index contributed by atoms with van der Waals surface area (Å²) in [5.74, 6) is 0.0401. The fourth-order valence-electron chi connectivity index (χ4n) is 3.47. The second-order valence-corrected chi connectivity index (χ2v) is 6.18. The van der Waals surface area contributed by atoms with Gasteiger partial charge in [-0.15, -0.1) is 0 Å². The van der Waals surface area contributed by atoms with E-state index in [1.54, 1.807) is 0 Å². The van der Waals surface area contributed by atoms with Crippen molar-refractivity contribution in [3.8, 4) is 0 Å². The van der Waals surface area contributed by atoms with E-state index in [0.717, 1.165) is 30.6 Å². The maximum Gasteiger partial charge on any atom is 0.275 e. The highest BCUT2D eigenvalue weighted by atomic mass is 16.5. The SMILES string of the molecule is C[C@@H]1Cc2c(C(=O)N3CCC34COC4)n[nH]c2[C@H](C)O1. The third-order valence-electron chi connectivity index (χ3n) is 4.80. The topological polar surface area (TPSA) is 67.5 Å². The number of fused-ring (bicyclic) bond motifs is 1. The standard InChI is InChI=1S/C14H19N3O3/c1-8-5-10-11(9(2)20-8)15-16-12(10)13(18)17-4-3-14(17)6-19-7-14/h8-9H,3-7H2,1-2H3,(H,15,16)/t8-,9+/m1/s1. The minimum atomic E-state index is -0.0364. The first-order chi connectivity index (χ1) is 9.61. The van der Waals surface area contributed by atoms with Gasteiger partial charge in [-0.3, -0.25) is 9.89 Å². The van der Waals surface area contributed by atoms with Gasteiger partial charge in [0.2, 0.25) is 0 Å². The van der Waals surface area contributed by atoms with Crippen LogP contribution in [0.2, 0.25) is 0 Å². The highest BCUT2D eigenvalue weighted by Gasteiger charge is 2.53. The van der Waals surface area contributed by atoms with Crippen molar-refractivity contribution in [2.45, 2.75) is 44.4 Å². The molecule has 6 heteroatoms. The van der Waals surface area contributed by atoms with E-state index in [0.29, 0.717) is 18.9 Å². The number of aromatic nitrogens is 2. The molecule has 0 unspecified atom stereocenters. The molecular formula is C14H19N3O3. The van der Waals surface area contributed by atoms with Crippen LogP contribution in [-0.4, -0.2) is 52.4 Å². The van der Waals surface area contributed by atoms with Gasteiger partial charge in [0.05, 0.1) is 36.7 Å². The summed E-state index contributed by atoms with van der Waals surface area (Å²) >= 11 is 0. The fourth-order valence-corrected chi connectivity index (χ4v) is 3.47. The first-order valence-electron chi connectivity index (χ1n) is 7.23. The number of likely N-dealkylation sites (tertiary alicyclic amines) is 1. The van der Waals surface area contributed by atoms with Crippen molar-refractivity contribution in [1.29, 1.82) is 0 Å². The lowest BCUT2D eigenvalue weighted by atomic mass is 9.82. The molecule has 1 aromatic rings. The van der Waals surface area contributed by atoms with Crippen LogP contribution >= 0.6 is 0 Å². The van der Waals surface area contributed by atoms with Crippen LogP contribution in [0, 0.1) is 0 Å². The number of carbonyl (C=O) groups is 1. The van der Waals surface area contributed by atoms with Gasteiger partial charge in [0.1, 0.15) is 0 Å². The maximum absolute atomic E-state index is 12.7. The maximum atomic E-state index is 12.7. The second kappa shape index (κ2) is 4.05. The van der Waals surface area contributed by atoms with Gasteiger partial charge in [-0.25, -0.2) is 0 Å². The lowest BCUT2D eigenvalue weighted by molar-refractivity contribution is -0.172. The van der Waals surface area contributed by atoms with Crippen LogP contribution in [-0.2, 0) is 15.9 Å². The van der Waals surface area contributed by atoms with Crippen LogP contribution in [0.1, 0.15) is 48.1 Å². The molecule has 3 aliphatic rings. The Bertz CT molecular complexity index is 559. The van der Waals surface area contributed by atoms with E-state index >= 15 is 0 Å². The van der Waals surface area contributed by atoms with Crippen LogP contribution in [0.15, 0.2) is 0 Å². The number of H-pyrrole nitrogens is 1. The summed E-state index contributed by atoms with van der Waals surface area (Å²) < 4.78 is 11.0. The van der Waals surface area contributed by atoms with E-state index in [-0.39, 0.29) is 23.7 Å². The van der Waals surface area contributed by atoms with Crippen molar-refractivity contribution in [3.05, 3.63) is 17.0 Å². The third kappa shape index (κ3) is 1.52. The Labute approximate surface area is 117 Å². The number of nitrogens with one attached hydrogen (secondary N) is 1. The Balaban J connectivity index is 1.65. The quantitative estimate of drug-likeness (QED) is 0.833. The van der Waals surface area contributed by atoms with Gasteiger partial charge in [0.25, 0.3) is 5.91 Å². The Morgan fingerprint density at radius 3 is 2.85 bits per heavy atom. The summed E-state index contributed by atoms with van der Waals surface area (Å²) in [6.07, 6.45) is 1.88. The van der Waals surface area contributed by atoms with Crippen LogP contribution in [0.5, 0.6) is 0 Å². The minimum absolute atomic E-state index is 0.0276. The predicted molar refractivity (Wildman–Crippen MR) is 70.5 cm³/mol. The number of rotatable bonds is 1. The Hall–Kier alpha value is -1.40. The summed E-state index contributed by atoms with van der Waals surface area (Å²) in [5, 5.41) is 7.26. The zero-order valence-corrected chi connectivity index (χ0v) is 11.8. The molecule has 2 fully saturated rings. The molecule has 1 N–H and O–H groups in total. The highest BCUT2D eigenvalue weighted by molar-refractivity contribution is 5.95. The average molecular weight is 277 g/mol. The molecule has 1 spiro atoms. The third-order valence-corrected chi connectivity index (χ3v) is 4.80. The first-order valence-corrected chi connectivity index (χ1v) is 7.23. The van der Waals surface area contributed by atoms with Crippen molar-refractivity contribution in [3.63, 3.8) is 0 Å². The molecule has 0 aromatic carbocycles. The second-order valence-electron chi connectivity index (χ2n) is 6.18. The van der Waals surface area contributed by atoms with E-state index in [4.69, 9.17) is 9.47 Å². The van der Waals surface area contributed by atoms with Crippen molar-refractivity contribution < 1.29 is 14.3 Å². The molecule has 2 saturated heterocycles. The van der Waals surface area contributed by atoms with Crippen LogP contribution in [0.4, 0.5) is 0 Å². The first kappa shape index (κ1) is 12.3. The minimum Gasteiger partial charge on any atom is -0.376 e. The molecule has 3 aliphatic heterocycles. The summed E-state index contributed by atoms with van der Waals surface area (Å²) in [5.41, 5.74) is 2.52. The molecule has 4 heterocycles. The molecule has 0 saturated carbocycles. The van der Waals surface area contributed by atoms with Crippen molar-refractivity contribution in [1.82, 2.24) is 15.1 Å². The Morgan fingerprint density at radius 2 is 2.25 bits per heavy atom. The predicted octanol–water partition coefficient (Wildman–Crippen LogP) is 1.05. The van der Waals surface area contributed by atoms with Crippen LogP contribution < -0.4 is 0 Å². The molecule has 20 heavy (non-hydrogen) atoms. The lowest BCUT2D eigenvalue weighted by Gasteiger charge is -2.57. The van der Waals surface area contributed by atoms with E-state index in [9.17, 15) is 4.79 Å². The molecule has 2 atom stereocenters. The van der Waals surface area contributed by atoms with Gasteiger partial charge in [0.15, 0.2) is 5.69 Å². The molecule has 1 aromatic heterocycles. The van der Waals surface area contributed by atoms with Crippen LogP contribution in [0.3, 0.4) is 0 Å². The number of amides is 1. The number of nitrogens with zero attached hydrogens (tertiary/aromatic N) is 2. The Morgan fingerprint density at radius 1 is 1.45 bits per heavy atom. The molecule has 108 valence electrons. The lowest BCUT2D eigenvalue weighted by Crippen LogP contribution is -2.72. The van der Waals surface area contributed by atoms with Gasteiger partial charge in [-0.05, 0) is 20.3 Å². The summed E-state index contributed by atoms with van der Waals surface area (Å²) in [6, 6.07) is 0. The van der Waals surface area contributed by atoms with E-state index in [1.807, 2.05) is 18.7 Å². The summed E-state index contributed by atoms with van der Waals surface area (Å²) in [7, 11) is 0. The molecule has 4 rings (SSSR count). The normalized spacial score (nSPS) is 30.6. The average Bonchev–Trinajstić information content (AvgIpc) is 2.69. The molecular weight excluding hydrogens is 258 g/mol. The van der Waals surface area contributed by atoms with Gasteiger partial charge >= 0.3 is 0 Å². The van der Waals surface area contributed by atoms with E-state index in [1.165, 1.54) is 0 Å². The van der Waals surface area contributed by atoms with Crippen molar-refractivity contribution >= 4 is 5.91 Å². The van der Waals surface area contributed by atoms with Gasteiger partial charge in [0, 0.05) is 18.5 Å². The largest absolute Gasteiger partial charge is 0.376 e. The zero-order valence-electron chi connectivity index (χ0n) is 11.8. The smallest absolute Gasteiger partial charge is 0.275 e. The number of hydrogen-bond donors (Lipinski definition) is 1. The molecule has 0 bridgehead atoms. The van der Waals surface area contributed by atoms with Crippen LogP contribution in [0.25, 0.3) is 0 Å². The molecule has 0 radical (unpaired) electrons. The molecule has 6 nitrogen and oxygen atoms in total. The summed E-state index contributed by atoms with van der Waals surface area (Å²) in [4.78, 5) is 14.7. The zero-order chi connectivity index (χ0) is 13.9. The monoisotopic (exact) mass is 277 g/mol. The fraction of sp³-hybridized carbons (Fsp3) is 0.714. The molecule has 1 amide bonds. The number of carbonyl (C=O) groups excluding carboxylic acids is 1. The van der Waals surface area contributed by atoms with E-state index < -0.39 is 0 Å². The van der Waals surface area contributed by atoms with Crippen molar-refractivity contribution in [2.75, 3.05) is 19.8 Å². The number of ether oxygens (including phenoxy) is 2. The van der Waals surface area contributed by atoms with Gasteiger partial charge in [-0.2, -0.15) is 5.10 Å². The van der Waals surface area contributed by atoms with Gasteiger partial charge < -0.3 is 14.4 Å². The van der Waals surface area contributed by atoms with Crippen molar-refractivity contribution in [2.24, 2.45) is 0 Å². The summed E-state index contributed by atoms with van der Waals surface area (Å²) in [6.45, 7) is 6.17. The van der Waals surface area contributed by atoms with E-state index in [2.05, 4.69) is 10.2 Å². The number of hydrogen-bond acceptors (Lipinski definition) is 4. The molecule has 0 aliphatic carbocycles. The number of aromatic amines is 1. The highest BCUT2D eigenvalue weighted by Crippen LogP contribution is 2.39.